The normalized spacial score (nSPS) is 11.5. The van der Waals surface area contributed by atoms with Crippen LogP contribution in [0.1, 0.15) is 91.9 Å². The number of unbranched alkanes of at least 4 members (excludes halogenated alkanes) is 6. The summed E-state index contributed by atoms with van der Waals surface area (Å²) in [7, 11) is 0. The summed E-state index contributed by atoms with van der Waals surface area (Å²) in [6.07, 6.45) is 16.6. The lowest BCUT2D eigenvalue weighted by molar-refractivity contribution is -0.684. The van der Waals surface area contributed by atoms with Gasteiger partial charge in [-0.2, -0.15) is 0 Å². The highest BCUT2D eigenvalue weighted by molar-refractivity contribution is 5.52. The number of rotatable bonds is 17. The summed E-state index contributed by atoms with van der Waals surface area (Å²) < 4.78 is 4.47. The number of hydrogen-bond donors (Lipinski definition) is 0. The van der Waals surface area contributed by atoms with Crippen molar-refractivity contribution in [3.63, 3.8) is 0 Å². The van der Waals surface area contributed by atoms with Crippen LogP contribution in [0.4, 0.5) is 17.3 Å². The molecule has 0 spiro atoms. The van der Waals surface area contributed by atoms with E-state index < -0.39 is 0 Å². The van der Waals surface area contributed by atoms with E-state index in [9.17, 15) is 0 Å². The number of anilines is 1. The summed E-state index contributed by atoms with van der Waals surface area (Å²) in [6.45, 7) is 13.3. The van der Waals surface area contributed by atoms with Crippen molar-refractivity contribution in [2.45, 2.75) is 105 Å². The summed E-state index contributed by atoms with van der Waals surface area (Å²) in [6, 6.07) is 8.66. The number of aryl methyl sites for hydroxylation is 2. The monoisotopic (exact) mass is 440 g/mol. The van der Waals surface area contributed by atoms with Crippen LogP contribution in [0.5, 0.6) is 0 Å². The summed E-state index contributed by atoms with van der Waals surface area (Å²) in [5, 5.41) is 9.28. The quantitative estimate of drug-likeness (QED) is 0.139. The topological polar surface area (TPSA) is 36.8 Å². The molecule has 0 N–H and O–H groups in total. The van der Waals surface area contributed by atoms with E-state index in [0.29, 0.717) is 0 Å². The van der Waals surface area contributed by atoms with Gasteiger partial charge in [0.15, 0.2) is 0 Å². The number of aromatic nitrogens is 2. The third-order valence-corrected chi connectivity index (χ3v) is 5.98. The first-order valence-corrected chi connectivity index (χ1v) is 13.1. The fourth-order valence-corrected chi connectivity index (χ4v) is 3.89. The summed E-state index contributed by atoms with van der Waals surface area (Å²) in [5.41, 5.74) is 2.22. The lowest BCUT2D eigenvalue weighted by Gasteiger charge is -2.25. The molecule has 0 aliphatic rings. The Morgan fingerprint density at radius 3 is 1.97 bits per heavy atom. The van der Waals surface area contributed by atoms with Crippen LogP contribution in [0.25, 0.3) is 0 Å². The van der Waals surface area contributed by atoms with Gasteiger partial charge in [0.1, 0.15) is 5.69 Å². The highest BCUT2D eigenvalue weighted by Gasteiger charge is 2.16. The zero-order valence-corrected chi connectivity index (χ0v) is 21.1. The van der Waals surface area contributed by atoms with Gasteiger partial charge in [-0.1, -0.05) is 71.3 Å². The predicted molar refractivity (Wildman–Crippen MR) is 136 cm³/mol. The molecule has 0 saturated carbocycles. The van der Waals surface area contributed by atoms with Crippen molar-refractivity contribution in [3.8, 4) is 0 Å². The molecule has 32 heavy (non-hydrogen) atoms. The molecule has 0 aliphatic carbocycles. The first-order chi connectivity index (χ1) is 15.7. The van der Waals surface area contributed by atoms with Crippen LogP contribution in [0.3, 0.4) is 0 Å². The van der Waals surface area contributed by atoms with Crippen LogP contribution in [-0.2, 0) is 13.1 Å². The van der Waals surface area contributed by atoms with E-state index in [1.54, 1.807) is 0 Å². The SMILES string of the molecule is CCCCCN(CCCCC)c1ccc(N=Nc2n(CCCC)cc[n+]2CCCC)cc1. The van der Waals surface area contributed by atoms with Gasteiger partial charge in [0.2, 0.25) is 0 Å². The lowest BCUT2D eigenvalue weighted by atomic mass is 10.2. The highest BCUT2D eigenvalue weighted by atomic mass is 15.3. The Labute approximate surface area is 196 Å². The van der Waals surface area contributed by atoms with Crippen LogP contribution >= 0.6 is 0 Å². The Morgan fingerprint density at radius 2 is 1.38 bits per heavy atom. The molecule has 5 heteroatoms. The lowest BCUT2D eigenvalue weighted by Crippen LogP contribution is -2.32. The van der Waals surface area contributed by atoms with Crippen LogP contribution in [0.2, 0.25) is 0 Å². The van der Waals surface area contributed by atoms with Gasteiger partial charge in [-0.3, -0.25) is 0 Å². The third-order valence-electron chi connectivity index (χ3n) is 5.98. The van der Waals surface area contributed by atoms with E-state index in [1.165, 1.54) is 57.1 Å². The Hall–Kier alpha value is -2.17. The van der Waals surface area contributed by atoms with Crippen LogP contribution in [0, 0.1) is 0 Å². The van der Waals surface area contributed by atoms with Crippen LogP contribution < -0.4 is 9.47 Å². The molecule has 0 aliphatic heterocycles. The standard InChI is InChI=1S/C27H46N5/c1-5-9-13-21-30(22-14-10-6-2)26-17-15-25(16-18-26)28-29-27-31(19-11-7-3)23-24-32(27)20-12-8-4/h15-18,23-24H,5-14,19-22H2,1-4H3/q+1. The molecule has 0 fully saturated rings. The second-order valence-electron chi connectivity index (χ2n) is 8.81. The summed E-state index contributed by atoms with van der Waals surface area (Å²) in [4.78, 5) is 2.54. The number of azo groups is 1. The van der Waals surface area contributed by atoms with Crippen LogP contribution in [-0.4, -0.2) is 17.7 Å². The first-order valence-electron chi connectivity index (χ1n) is 13.1. The minimum absolute atomic E-state index is 0.918. The van der Waals surface area contributed by atoms with Gasteiger partial charge in [0.25, 0.3) is 0 Å². The summed E-state index contributed by atoms with van der Waals surface area (Å²) in [5.74, 6) is 0.955. The van der Waals surface area contributed by atoms with Gasteiger partial charge < -0.3 is 4.90 Å². The van der Waals surface area contributed by atoms with Gasteiger partial charge >= 0.3 is 5.95 Å². The van der Waals surface area contributed by atoms with E-state index in [1.807, 2.05) is 0 Å². The number of nitrogens with zero attached hydrogens (tertiary/aromatic N) is 5. The van der Waals surface area contributed by atoms with Gasteiger partial charge in [0, 0.05) is 23.9 Å². The molecule has 0 bridgehead atoms. The minimum Gasteiger partial charge on any atom is -0.372 e. The molecule has 1 heterocycles. The Bertz CT molecular complexity index is 727. The van der Waals surface area contributed by atoms with Crippen molar-refractivity contribution in [2.24, 2.45) is 10.2 Å². The van der Waals surface area contributed by atoms with E-state index in [2.05, 4.69) is 88.6 Å². The smallest absolute Gasteiger partial charge is 0.372 e. The highest BCUT2D eigenvalue weighted by Crippen LogP contribution is 2.23. The van der Waals surface area contributed by atoms with Crippen molar-refractivity contribution in [1.29, 1.82) is 0 Å². The number of imidazole rings is 1. The van der Waals surface area contributed by atoms with E-state index in [4.69, 9.17) is 0 Å². The molecular formula is C27H46N5+. The number of hydrogen-bond acceptors (Lipinski definition) is 3. The average Bonchev–Trinajstić information content (AvgIpc) is 3.21. The first kappa shape index (κ1) is 26.1. The second kappa shape index (κ2) is 15.6. The van der Waals surface area contributed by atoms with Crippen molar-refractivity contribution in [2.75, 3.05) is 18.0 Å². The molecule has 2 rings (SSSR count). The van der Waals surface area contributed by atoms with Crippen LogP contribution in [0.15, 0.2) is 46.9 Å². The maximum atomic E-state index is 4.68. The largest absolute Gasteiger partial charge is 0.421 e. The van der Waals surface area contributed by atoms with E-state index in [-0.39, 0.29) is 0 Å². The maximum Gasteiger partial charge on any atom is 0.421 e. The zero-order valence-electron chi connectivity index (χ0n) is 21.1. The molecule has 0 unspecified atom stereocenters. The predicted octanol–water partition coefficient (Wildman–Crippen LogP) is 7.98. The molecule has 1 aromatic heterocycles. The van der Waals surface area contributed by atoms with Crippen molar-refractivity contribution >= 4 is 17.3 Å². The Morgan fingerprint density at radius 1 is 0.750 bits per heavy atom. The second-order valence-corrected chi connectivity index (χ2v) is 8.81. The maximum absolute atomic E-state index is 4.68. The fraction of sp³-hybridized carbons (Fsp3) is 0.667. The third kappa shape index (κ3) is 8.76. The molecule has 0 radical (unpaired) electrons. The van der Waals surface area contributed by atoms with Crippen molar-refractivity contribution < 1.29 is 4.57 Å². The molecule has 0 atom stereocenters. The molecule has 2 aromatic rings. The average molecular weight is 441 g/mol. The van der Waals surface area contributed by atoms with Crippen molar-refractivity contribution in [3.05, 3.63) is 36.7 Å². The van der Waals surface area contributed by atoms with Gasteiger partial charge in [-0.15, -0.1) is 0 Å². The Balaban J connectivity index is 2.11. The summed E-state index contributed by atoms with van der Waals surface area (Å²) >= 11 is 0. The van der Waals surface area contributed by atoms with Gasteiger partial charge in [-0.05, 0) is 49.9 Å². The molecule has 0 amide bonds. The Kier molecular flexibility index (Phi) is 12.7. The molecule has 5 nitrogen and oxygen atoms in total. The molecular weight excluding hydrogens is 394 g/mol. The van der Waals surface area contributed by atoms with Crippen molar-refractivity contribution in [1.82, 2.24) is 4.57 Å². The van der Waals surface area contributed by atoms with E-state index in [0.717, 1.165) is 50.7 Å². The van der Waals surface area contributed by atoms with Gasteiger partial charge in [0.05, 0.1) is 25.5 Å². The molecule has 1 aromatic carbocycles. The minimum atomic E-state index is 0.918. The van der Waals surface area contributed by atoms with E-state index >= 15 is 0 Å². The number of benzene rings is 1. The molecule has 0 saturated heterocycles. The fourth-order valence-electron chi connectivity index (χ4n) is 3.89. The zero-order chi connectivity index (χ0) is 23.0. The molecule has 178 valence electrons. The van der Waals surface area contributed by atoms with Gasteiger partial charge in [-0.25, -0.2) is 9.13 Å².